The minimum absolute atomic E-state index is 0.200. The van der Waals surface area contributed by atoms with Crippen LogP contribution >= 0.6 is 46.5 Å². The zero-order valence-corrected chi connectivity index (χ0v) is 15.3. The summed E-state index contributed by atoms with van der Waals surface area (Å²) >= 11 is 10.2. The van der Waals surface area contributed by atoms with Crippen LogP contribution in [0.3, 0.4) is 0 Å². The first kappa shape index (κ1) is 17.3. The lowest BCUT2D eigenvalue weighted by molar-refractivity contribution is -0.115. The fourth-order valence-corrected chi connectivity index (χ4v) is 4.54. The summed E-state index contributed by atoms with van der Waals surface area (Å²) in [6.45, 7) is 0. The molecule has 0 saturated heterocycles. The Morgan fingerprint density at radius 1 is 1.29 bits per heavy atom. The number of oxazole rings is 1. The molecule has 0 aliphatic carbocycles. The van der Waals surface area contributed by atoms with Gasteiger partial charge in [0.25, 0.3) is 0 Å². The number of rotatable bonds is 7. The van der Waals surface area contributed by atoms with Crippen molar-refractivity contribution in [3.63, 3.8) is 0 Å². The molecule has 1 amide bonds. The highest BCUT2D eigenvalue weighted by Gasteiger charge is 2.10. The monoisotopic (exact) mass is 398 g/mol. The molecular weight excluding hydrogens is 388 g/mol. The Hall–Kier alpha value is -1.55. The quantitative estimate of drug-likeness (QED) is 0.606. The Labute approximate surface area is 155 Å². The number of amides is 1. The topological polar surface area (TPSA) is 94.9 Å². The van der Waals surface area contributed by atoms with E-state index in [1.54, 1.807) is 18.4 Å². The highest BCUT2D eigenvalue weighted by molar-refractivity contribution is 8.03. The zero-order valence-electron chi connectivity index (χ0n) is 12.1. The Morgan fingerprint density at radius 2 is 2.08 bits per heavy atom. The molecule has 3 aromatic rings. The van der Waals surface area contributed by atoms with Crippen LogP contribution in [0.5, 0.6) is 0 Å². The van der Waals surface area contributed by atoms with Gasteiger partial charge in [0.15, 0.2) is 8.68 Å². The maximum Gasteiger partial charge on any atom is 0.227 e. The van der Waals surface area contributed by atoms with Crippen LogP contribution in [0.1, 0.15) is 5.69 Å². The number of carbonyl (C=O) groups is 1. The van der Waals surface area contributed by atoms with E-state index in [4.69, 9.17) is 21.8 Å². The van der Waals surface area contributed by atoms with E-state index in [0.717, 1.165) is 19.9 Å². The Kier molecular flexibility index (Phi) is 5.77. The average molecular weight is 399 g/mol. The second-order valence-electron chi connectivity index (χ2n) is 4.53. The molecule has 6 nitrogen and oxygen atoms in total. The molecule has 124 valence electrons. The van der Waals surface area contributed by atoms with Crippen LogP contribution < -0.4 is 5.73 Å². The van der Waals surface area contributed by atoms with Gasteiger partial charge in [-0.2, -0.15) is 0 Å². The third kappa shape index (κ3) is 4.73. The van der Waals surface area contributed by atoms with Crippen LogP contribution in [0.4, 0.5) is 0 Å². The molecule has 2 N–H and O–H groups in total. The molecule has 3 rings (SSSR count). The number of aromatic nitrogens is 3. The predicted molar refractivity (Wildman–Crippen MR) is 96.3 cm³/mol. The fraction of sp³-hybridized carbons (Fsp3) is 0.143. The number of carbonyl (C=O) groups excluding carboxylic acids is 1. The molecule has 24 heavy (non-hydrogen) atoms. The van der Waals surface area contributed by atoms with Crippen LogP contribution in [0.15, 0.2) is 43.6 Å². The lowest BCUT2D eigenvalue weighted by Gasteiger charge is -1.95. The molecule has 0 fully saturated rings. The van der Waals surface area contributed by atoms with Gasteiger partial charge in [0.1, 0.15) is 6.26 Å². The van der Waals surface area contributed by atoms with Crippen LogP contribution in [-0.4, -0.2) is 26.8 Å². The molecule has 10 heteroatoms. The van der Waals surface area contributed by atoms with Gasteiger partial charge >= 0.3 is 0 Å². The number of nitrogens with two attached hydrogens (primary N) is 1. The first-order valence-electron chi connectivity index (χ1n) is 6.68. The molecule has 0 saturated carbocycles. The fourth-order valence-electron chi connectivity index (χ4n) is 1.71. The smallest absolute Gasteiger partial charge is 0.227 e. The van der Waals surface area contributed by atoms with Gasteiger partial charge in [0, 0.05) is 16.3 Å². The number of benzene rings is 1. The summed E-state index contributed by atoms with van der Waals surface area (Å²) in [5.74, 6) is 0.966. The number of thioether (sulfide) groups is 2. The second kappa shape index (κ2) is 8.02. The molecule has 1 aromatic carbocycles. The van der Waals surface area contributed by atoms with Crippen molar-refractivity contribution in [3.8, 4) is 11.5 Å². The second-order valence-corrected chi connectivity index (χ2v) is 8.39. The van der Waals surface area contributed by atoms with Crippen LogP contribution in [0.2, 0.25) is 5.02 Å². The van der Waals surface area contributed by atoms with Gasteiger partial charge in [0.2, 0.25) is 11.8 Å². The number of halogens is 1. The molecule has 2 heterocycles. The van der Waals surface area contributed by atoms with Crippen molar-refractivity contribution in [3.05, 3.63) is 41.2 Å². The van der Waals surface area contributed by atoms with Crippen molar-refractivity contribution < 1.29 is 9.21 Å². The first-order valence-corrected chi connectivity index (χ1v) is 9.84. The maximum atomic E-state index is 10.8. The van der Waals surface area contributed by atoms with Gasteiger partial charge < -0.3 is 10.2 Å². The zero-order chi connectivity index (χ0) is 16.9. The highest BCUT2D eigenvalue weighted by atomic mass is 35.5. The van der Waals surface area contributed by atoms with Gasteiger partial charge in [-0.05, 0) is 18.2 Å². The lowest BCUT2D eigenvalue weighted by atomic mass is 10.2. The van der Waals surface area contributed by atoms with Gasteiger partial charge in [-0.25, -0.2) is 4.98 Å². The molecule has 0 aliphatic heterocycles. The first-order chi connectivity index (χ1) is 11.6. The summed E-state index contributed by atoms with van der Waals surface area (Å²) in [5.41, 5.74) is 6.74. The molecule has 0 atom stereocenters. The van der Waals surface area contributed by atoms with Crippen LogP contribution in [0.25, 0.3) is 11.5 Å². The van der Waals surface area contributed by atoms with E-state index >= 15 is 0 Å². The van der Waals surface area contributed by atoms with E-state index in [1.165, 1.54) is 34.9 Å². The summed E-state index contributed by atoms with van der Waals surface area (Å²) < 4.78 is 7.01. The molecule has 0 spiro atoms. The maximum absolute atomic E-state index is 10.8. The third-order valence-electron chi connectivity index (χ3n) is 2.69. The van der Waals surface area contributed by atoms with Crippen LogP contribution in [-0.2, 0) is 10.5 Å². The molecule has 0 radical (unpaired) electrons. The number of nitrogens with zero attached hydrogens (tertiary/aromatic N) is 3. The average Bonchev–Trinajstić information content (AvgIpc) is 3.20. The summed E-state index contributed by atoms with van der Waals surface area (Å²) in [5, 5.41) is 8.71. The van der Waals surface area contributed by atoms with Crippen molar-refractivity contribution in [2.24, 2.45) is 5.73 Å². The molecule has 0 bridgehead atoms. The van der Waals surface area contributed by atoms with Crippen molar-refractivity contribution in [2.75, 3.05) is 5.75 Å². The lowest BCUT2D eigenvalue weighted by Crippen LogP contribution is -2.12. The van der Waals surface area contributed by atoms with Gasteiger partial charge in [-0.3, -0.25) is 4.79 Å². The van der Waals surface area contributed by atoms with E-state index in [0.29, 0.717) is 16.7 Å². The molecular formula is C14H11ClN4O2S3. The van der Waals surface area contributed by atoms with E-state index in [-0.39, 0.29) is 11.7 Å². The standard InChI is InChI=1S/C14H11ClN4O2S3/c15-9-3-1-2-8(4-9)12-17-10(5-21-12)6-22-13-18-19-14(24-13)23-7-11(16)20/h1-5H,6-7H2,(H2,16,20). The summed E-state index contributed by atoms with van der Waals surface area (Å²) in [6, 6.07) is 7.34. The van der Waals surface area contributed by atoms with Crippen molar-refractivity contribution in [2.45, 2.75) is 14.4 Å². The Bertz CT molecular complexity index is 852. The van der Waals surface area contributed by atoms with E-state index in [2.05, 4.69) is 15.2 Å². The third-order valence-corrected chi connectivity index (χ3v) is 6.17. The highest BCUT2D eigenvalue weighted by Crippen LogP contribution is 2.31. The minimum atomic E-state index is -0.374. The van der Waals surface area contributed by atoms with E-state index in [1.807, 2.05) is 12.1 Å². The number of hydrogen-bond donors (Lipinski definition) is 1. The summed E-state index contributed by atoms with van der Waals surface area (Å²) in [4.78, 5) is 15.2. The summed E-state index contributed by atoms with van der Waals surface area (Å²) in [6.07, 6.45) is 1.62. The van der Waals surface area contributed by atoms with Crippen molar-refractivity contribution in [1.82, 2.24) is 15.2 Å². The molecule has 2 aromatic heterocycles. The number of primary amides is 1. The largest absolute Gasteiger partial charge is 0.444 e. The molecule has 0 aliphatic rings. The molecule has 0 unspecified atom stereocenters. The Balaban J connectivity index is 1.58. The van der Waals surface area contributed by atoms with E-state index < -0.39 is 0 Å². The Morgan fingerprint density at radius 3 is 2.83 bits per heavy atom. The predicted octanol–water partition coefficient (Wildman–Crippen LogP) is 3.72. The van der Waals surface area contributed by atoms with Crippen molar-refractivity contribution >= 4 is 52.4 Å². The minimum Gasteiger partial charge on any atom is -0.444 e. The SMILES string of the molecule is NC(=O)CSc1nnc(SCc2coc(-c3cccc(Cl)c3)n2)s1. The number of hydrogen-bond acceptors (Lipinski definition) is 8. The summed E-state index contributed by atoms with van der Waals surface area (Å²) in [7, 11) is 0. The van der Waals surface area contributed by atoms with Gasteiger partial charge in [0.05, 0.1) is 11.4 Å². The van der Waals surface area contributed by atoms with Crippen LogP contribution in [0, 0.1) is 0 Å². The van der Waals surface area contributed by atoms with Crippen molar-refractivity contribution in [1.29, 1.82) is 0 Å². The van der Waals surface area contributed by atoms with Gasteiger partial charge in [-0.15, -0.1) is 10.2 Å². The normalized spacial score (nSPS) is 10.9. The van der Waals surface area contributed by atoms with Gasteiger partial charge in [-0.1, -0.05) is 52.5 Å². The van der Waals surface area contributed by atoms with E-state index in [9.17, 15) is 4.79 Å².